The highest BCUT2D eigenvalue weighted by Gasteiger charge is 2.43. The molecule has 0 amide bonds. The van der Waals surface area contributed by atoms with E-state index in [1.54, 1.807) is 0 Å². The molecule has 1 heterocycles. The van der Waals surface area contributed by atoms with Crippen LogP contribution in [-0.2, 0) is 4.74 Å². The Balaban J connectivity index is 2.09. The number of hydrogen-bond donors (Lipinski definition) is 1. The standard InChI is InChI=1S/C12H23NO/c1-3-11-12(14-8-7-13-11)6-4-5-10(2)9-12/h10-11,13H,3-9H2,1-2H3. The summed E-state index contributed by atoms with van der Waals surface area (Å²) in [7, 11) is 0. The molecule has 1 N–H and O–H groups in total. The highest BCUT2D eigenvalue weighted by Crippen LogP contribution is 2.39. The largest absolute Gasteiger partial charge is 0.372 e. The van der Waals surface area contributed by atoms with Crippen molar-refractivity contribution in [2.24, 2.45) is 5.92 Å². The molecule has 0 bridgehead atoms. The fraction of sp³-hybridized carbons (Fsp3) is 1.00. The second-order valence-corrected chi connectivity index (χ2v) is 5.03. The average molecular weight is 197 g/mol. The summed E-state index contributed by atoms with van der Waals surface area (Å²) >= 11 is 0. The van der Waals surface area contributed by atoms with Gasteiger partial charge in [0.25, 0.3) is 0 Å². The van der Waals surface area contributed by atoms with Crippen molar-refractivity contribution >= 4 is 0 Å². The number of hydrogen-bond acceptors (Lipinski definition) is 2. The van der Waals surface area contributed by atoms with E-state index in [-0.39, 0.29) is 5.60 Å². The second-order valence-electron chi connectivity index (χ2n) is 5.03. The van der Waals surface area contributed by atoms with E-state index in [4.69, 9.17) is 4.74 Å². The lowest BCUT2D eigenvalue weighted by molar-refractivity contribution is -0.127. The third-order valence-corrected chi connectivity index (χ3v) is 3.92. The smallest absolute Gasteiger partial charge is 0.0837 e. The van der Waals surface area contributed by atoms with Gasteiger partial charge in [0.2, 0.25) is 0 Å². The molecule has 3 atom stereocenters. The Labute approximate surface area is 87.4 Å². The molecule has 2 rings (SSSR count). The lowest BCUT2D eigenvalue weighted by Gasteiger charge is -2.48. The van der Waals surface area contributed by atoms with Crippen molar-refractivity contribution in [3.63, 3.8) is 0 Å². The molecule has 0 aromatic heterocycles. The van der Waals surface area contributed by atoms with E-state index in [2.05, 4.69) is 19.2 Å². The molecule has 2 nitrogen and oxygen atoms in total. The minimum atomic E-state index is 0.185. The summed E-state index contributed by atoms with van der Waals surface area (Å²) in [6.45, 7) is 6.58. The molecular formula is C12H23NO. The molecule has 0 aromatic carbocycles. The van der Waals surface area contributed by atoms with Crippen molar-refractivity contribution in [1.29, 1.82) is 0 Å². The Morgan fingerprint density at radius 1 is 1.50 bits per heavy atom. The highest BCUT2D eigenvalue weighted by atomic mass is 16.5. The predicted molar refractivity (Wildman–Crippen MR) is 58.4 cm³/mol. The van der Waals surface area contributed by atoms with Gasteiger partial charge in [-0.25, -0.2) is 0 Å². The zero-order valence-corrected chi connectivity index (χ0v) is 9.51. The Bertz CT molecular complexity index is 191. The number of nitrogens with one attached hydrogen (secondary N) is 1. The van der Waals surface area contributed by atoms with Crippen LogP contribution in [-0.4, -0.2) is 24.8 Å². The monoisotopic (exact) mass is 197 g/mol. The quantitative estimate of drug-likeness (QED) is 0.696. The lowest BCUT2D eigenvalue weighted by Crippen LogP contribution is -2.59. The average Bonchev–Trinajstić information content (AvgIpc) is 2.18. The maximum atomic E-state index is 6.12. The molecule has 0 aromatic rings. The topological polar surface area (TPSA) is 21.3 Å². The first-order chi connectivity index (χ1) is 6.77. The Morgan fingerprint density at radius 3 is 3.07 bits per heavy atom. The molecular weight excluding hydrogens is 174 g/mol. The lowest BCUT2D eigenvalue weighted by atomic mass is 9.73. The summed E-state index contributed by atoms with van der Waals surface area (Å²) in [6.07, 6.45) is 6.47. The van der Waals surface area contributed by atoms with Crippen LogP contribution < -0.4 is 5.32 Å². The highest BCUT2D eigenvalue weighted by molar-refractivity contribution is 4.98. The minimum absolute atomic E-state index is 0.185. The summed E-state index contributed by atoms with van der Waals surface area (Å²) in [5.41, 5.74) is 0.185. The number of ether oxygens (including phenoxy) is 1. The predicted octanol–water partition coefficient (Wildman–Crippen LogP) is 2.33. The van der Waals surface area contributed by atoms with Crippen LogP contribution >= 0.6 is 0 Å². The molecule has 2 heteroatoms. The van der Waals surface area contributed by atoms with Gasteiger partial charge in [0.1, 0.15) is 0 Å². The van der Waals surface area contributed by atoms with E-state index in [0.29, 0.717) is 6.04 Å². The Hall–Kier alpha value is -0.0800. The number of morpholine rings is 1. The van der Waals surface area contributed by atoms with Gasteiger partial charge in [-0.2, -0.15) is 0 Å². The molecule has 0 radical (unpaired) electrons. The third-order valence-electron chi connectivity index (χ3n) is 3.92. The van der Waals surface area contributed by atoms with Gasteiger partial charge >= 0.3 is 0 Å². The maximum Gasteiger partial charge on any atom is 0.0837 e. The summed E-state index contributed by atoms with van der Waals surface area (Å²) in [6, 6.07) is 0.596. The SMILES string of the molecule is CCC1NCCOC12CCCC(C)C2. The molecule has 2 aliphatic rings. The van der Waals surface area contributed by atoms with E-state index < -0.39 is 0 Å². The normalized spacial score (nSPS) is 44.1. The molecule has 1 spiro atoms. The maximum absolute atomic E-state index is 6.12. The zero-order valence-electron chi connectivity index (χ0n) is 9.51. The second kappa shape index (κ2) is 4.19. The fourth-order valence-corrected chi connectivity index (χ4v) is 3.28. The third kappa shape index (κ3) is 1.82. The van der Waals surface area contributed by atoms with Crippen LogP contribution in [0.5, 0.6) is 0 Å². The van der Waals surface area contributed by atoms with E-state index >= 15 is 0 Å². The number of rotatable bonds is 1. The Kier molecular flexibility index (Phi) is 3.13. The molecule has 1 aliphatic heterocycles. The summed E-state index contributed by atoms with van der Waals surface area (Å²) < 4.78 is 6.12. The van der Waals surface area contributed by atoms with Crippen molar-refractivity contribution in [1.82, 2.24) is 5.32 Å². The van der Waals surface area contributed by atoms with Crippen molar-refractivity contribution in [3.8, 4) is 0 Å². The molecule has 14 heavy (non-hydrogen) atoms. The zero-order chi connectivity index (χ0) is 10.0. The van der Waals surface area contributed by atoms with Gasteiger partial charge < -0.3 is 10.1 Å². The molecule has 1 aliphatic carbocycles. The van der Waals surface area contributed by atoms with E-state index in [9.17, 15) is 0 Å². The summed E-state index contributed by atoms with van der Waals surface area (Å²) in [5, 5.41) is 3.62. The summed E-state index contributed by atoms with van der Waals surface area (Å²) in [5.74, 6) is 0.845. The van der Waals surface area contributed by atoms with E-state index in [1.807, 2.05) is 0 Å². The van der Waals surface area contributed by atoms with Crippen LogP contribution in [0.3, 0.4) is 0 Å². The van der Waals surface area contributed by atoms with Crippen molar-refractivity contribution < 1.29 is 4.74 Å². The van der Waals surface area contributed by atoms with Crippen LogP contribution in [0, 0.1) is 5.92 Å². The van der Waals surface area contributed by atoms with Crippen molar-refractivity contribution in [3.05, 3.63) is 0 Å². The van der Waals surface area contributed by atoms with Crippen LogP contribution in [0.2, 0.25) is 0 Å². The molecule has 2 fully saturated rings. The van der Waals surface area contributed by atoms with Crippen molar-refractivity contribution in [2.45, 2.75) is 57.6 Å². The first kappa shape index (κ1) is 10.4. The van der Waals surface area contributed by atoms with Crippen LogP contribution in [0.15, 0.2) is 0 Å². The van der Waals surface area contributed by atoms with E-state index in [0.717, 1.165) is 19.1 Å². The molecule has 1 saturated heterocycles. The van der Waals surface area contributed by atoms with Gasteiger partial charge in [-0.05, 0) is 25.2 Å². The van der Waals surface area contributed by atoms with Crippen molar-refractivity contribution in [2.75, 3.05) is 13.2 Å². The van der Waals surface area contributed by atoms with Gasteiger partial charge in [0, 0.05) is 12.6 Å². The van der Waals surface area contributed by atoms with Gasteiger partial charge in [-0.1, -0.05) is 26.7 Å². The fourth-order valence-electron chi connectivity index (χ4n) is 3.28. The van der Waals surface area contributed by atoms with Crippen LogP contribution in [0.1, 0.15) is 46.0 Å². The van der Waals surface area contributed by atoms with E-state index in [1.165, 1.54) is 32.1 Å². The van der Waals surface area contributed by atoms with Crippen LogP contribution in [0.25, 0.3) is 0 Å². The van der Waals surface area contributed by atoms with Gasteiger partial charge in [-0.3, -0.25) is 0 Å². The minimum Gasteiger partial charge on any atom is -0.372 e. The van der Waals surface area contributed by atoms with Gasteiger partial charge in [-0.15, -0.1) is 0 Å². The summed E-state index contributed by atoms with van der Waals surface area (Å²) in [4.78, 5) is 0. The van der Waals surface area contributed by atoms with Crippen LogP contribution in [0.4, 0.5) is 0 Å². The molecule has 3 unspecified atom stereocenters. The first-order valence-electron chi connectivity index (χ1n) is 6.14. The Morgan fingerprint density at radius 2 is 2.36 bits per heavy atom. The van der Waals surface area contributed by atoms with Gasteiger partial charge in [0.05, 0.1) is 12.2 Å². The molecule has 82 valence electrons. The van der Waals surface area contributed by atoms with Gasteiger partial charge in [0.15, 0.2) is 0 Å². The molecule has 1 saturated carbocycles. The first-order valence-corrected chi connectivity index (χ1v) is 6.14.